The van der Waals surface area contributed by atoms with Gasteiger partial charge in [-0.25, -0.2) is 4.79 Å². The average Bonchev–Trinajstić information content (AvgIpc) is 2.92. The van der Waals surface area contributed by atoms with Gasteiger partial charge in [-0.15, -0.1) is 0 Å². The zero-order valence-electron chi connectivity index (χ0n) is 12.2. The van der Waals surface area contributed by atoms with Crippen LogP contribution in [-0.2, 0) is 9.53 Å². The average molecular weight is 313 g/mol. The van der Waals surface area contributed by atoms with Crippen LogP contribution < -0.4 is 5.32 Å². The van der Waals surface area contributed by atoms with Crippen molar-refractivity contribution in [1.82, 2.24) is 10.3 Å². The highest BCUT2D eigenvalue weighted by atomic mass is 35.5. The highest BCUT2D eigenvalue weighted by molar-refractivity contribution is 6.30. The molecule has 2 rings (SSSR count). The van der Waals surface area contributed by atoms with Gasteiger partial charge >= 0.3 is 5.97 Å². The standard InChI is InChI=1S/C15H21ClN2O3/c1-10(21-15(20)13-7-12(16)9-17-13)14(19)18-8-11-5-3-2-4-6-11/h7,9-11,17H,2-6,8H2,1H3,(H,18,19)/t10-/m0/s1. The Kier molecular flexibility index (Phi) is 5.67. The van der Waals surface area contributed by atoms with Crippen molar-refractivity contribution in [2.45, 2.75) is 45.1 Å². The van der Waals surface area contributed by atoms with Crippen LogP contribution in [0, 0.1) is 5.92 Å². The minimum Gasteiger partial charge on any atom is -0.448 e. The van der Waals surface area contributed by atoms with Crippen LogP contribution in [0.25, 0.3) is 0 Å². The lowest BCUT2D eigenvalue weighted by Crippen LogP contribution is -2.38. The van der Waals surface area contributed by atoms with E-state index in [4.69, 9.17) is 16.3 Å². The predicted molar refractivity (Wildman–Crippen MR) is 80.3 cm³/mol. The third kappa shape index (κ3) is 4.77. The molecule has 0 saturated heterocycles. The smallest absolute Gasteiger partial charge is 0.355 e. The Morgan fingerprint density at radius 1 is 1.43 bits per heavy atom. The van der Waals surface area contributed by atoms with Crippen LogP contribution >= 0.6 is 11.6 Å². The van der Waals surface area contributed by atoms with Crippen LogP contribution in [0.2, 0.25) is 5.02 Å². The number of esters is 1. The number of nitrogens with one attached hydrogen (secondary N) is 2. The molecule has 1 aromatic heterocycles. The van der Waals surface area contributed by atoms with Crippen molar-refractivity contribution < 1.29 is 14.3 Å². The summed E-state index contributed by atoms with van der Waals surface area (Å²) in [5.74, 6) is -0.290. The fourth-order valence-electron chi connectivity index (χ4n) is 2.54. The van der Waals surface area contributed by atoms with Gasteiger partial charge in [-0.2, -0.15) is 0 Å². The second kappa shape index (κ2) is 7.50. The lowest BCUT2D eigenvalue weighted by atomic mass is 9.89. The van der Waals surface area contributed by atoms with Crippen LogP contribution in [0.4, 0.5) is 0 Å². The van der Waals surface area contributed by atoms with Crippen molar-refractivity contribution >= 4 is 23.5 Å². The van der Waals surface area contributed by atoms with Crippen LogP contribution in [0.1, 0.15) is 49.5 Å². The van der Waals surface area contributed by atoms with E-state index in [2.05, 4.69) is 10.3 Å². The quantitative estimate of drug-likeness (QED) is 0.821. The Morgan fingerprint density at radius 3 is 2.76 bits per heavy atom. The van der Waals surface area contributed by atoms with E-state index in [9.17, 15) is 9.59 Å². The zero-order chi connectivity index (χ0) is 15.2. The number of carbonyl (C=O) groups excluding carboxylic acids is 2. The van der Waals surface area contributed by atoms with Gasteiger partial charge < -0.3 is 15.0 Å². The van der Waals surface area contributed by atoms with Gasteiger partial charge in [-0.1, -0.05) is 30.9 Å². The second-order valence-corrected chi connectivity index (χ2v) is 5.96. The number of H-pyrrole nitrogens is 1. The molecule has 1 amide bonds. The monoisotopic (exact) mass is 312 g/mol. The van der Waals surface area contributed by atoms with Gasteiger partial charge in [-0.3, -0.25) is 4.79 Å². The molecule has 0 aromatic carbocycles. The molecule has 0 bridgehead atoms. The number of aromatic nitrogens is 1. The fraction of sp³-hybridized carbons (Fsp3) is 0.600. The number of ether oxygens (including phenoxy) is 1. The number of hydrogen-bond donors (Lipinski definition) is 2. The molecular formula is C15H21ClN2O3. The topological polar surface area (TPSA) is 71.2 Å². The van der Waals surface area contributed by atoms with Gasteiger partial charge in [0.05, 0.1) is 5.02 Å². The van der Waals surface area contributed by atoms with Gasteiger partial charge in [0.15, 0.2) is 6.10 Å². The molecule has 1 aliphatic carbocycles. The maximum absolute atomic E-state index is 11.9. The Labute approximate surface area is 129 Å². The number of amides is 1. The Hall–Kier alpha value is -1.49. The van der Waals surface area contributed by atoms with Gasteiger partial charge in [0.1, 0.15) is 5.69 Å². The van der Waals surface area contributed by atoms with Gasteiger partial charge in [0, 0.05) is 12.7 Å². The summed E-state index contributed by atoms with van der Waals surface area (Å²) < 4.78 is 5.11. The van der Waals surface area contributed by atoms with Gasteiger partial charge in [-0.05, 0) is 31.7 Å². The van der Waals surface area contributed by atoms with Crippen molar-refractivity contribution in [3.05, 3.63) is 23.0 Å². The normalized spacial score (nSPS) is 17.2. The highest BCUT2D eigenvalue weighted by Crippen LogP contribution is 2.22. The van der Waals surface area contributed by atoms with Gasteiger partial charge in [0.2, 0.25) is 0 Å². The number of carbonyl (C=O) groups is 2. The Morgan fingerprint density at radius 2 is 2.14 bits per heavy atom. The molecule has 2 N–H and O–H groups in total. The summed E-state index contributed by atoms with van der Waals surface area (Å²) in [4.78, 5) is 26.4. The molecule has 1 aromatic rings. The SMILES string of the molecule is C[C@H](OC(=O)c1cc(Cl)c[nH]1)C(=O)NCC1CCCCC1. The van der Waals surface area contributed by atoms with Crippen molar-refractivity contribution in [1.29, 1.82) is 0 Å². The third-order valence-corrected chi connectivity index (χ3v) is 4.03. The number of halogens is 1. The van der Waals surface area contributed by atoms with Crippen molar-refractivity contribution in [3.63, 3.8) is 0 Å². The molecule has 21 heavy (non-hydrogen) atoms. The van der Waals surface area contributed by atoms with E-state index in [1.165, 1.54) is 31.5 Å². The minimum atomic E-state index is -0.817. The molecule has 0 spiro atoms. The summed E-state index contributed by atoms with van der Waals surface area (Å²) in [5, 5.41) is 3.29. The Balaban J connectivity index is 1.75. The molecule has 1 heterocycles. The molecule has 6 heteroatoms. The molecule has 1 saturated carbocycles. The predicted octanol–water partition coefficient (Wildman–Crippen LogP) is 2.91. The largest absolute Gasteiger partial charge is 0.448 e. The number of hydrogen-bond acceptors (Lipinski definition) is 3. The van der Waals surface area contributed by atoms with Crippen LogP contribution in [-0.4, -0.2) is 29.5 Å². The molecule has 0 unspecified atom stereocenters. The molecular weight excluding hydrogens is 292 g/mol. The molecule has 5 nitrogen and oxygen atoms in total. The van der Waals surface area contributed by atoms with E-state index >= 15 is 0 Å². The van der Waals surface area contributed by atoms with Gasteiger partial charge in [0.25, 0.3) is 5.91 Å². The first-order chi connectivity index (χ1) is 10.1. The first-order valence-electron chi connectivity index (χ1n) is 7.39. The maximum atomic E-state index is 11.9. The van der Waals surface area contributed by atoms with Crippen LogP contribution in [0.15, 0.2) is 12.3 Å². The van der Waals surface area contributed by atoms with E-state index in [1.807, 2.05) is 0 Å². The lowest BCUT2D eigenvalue weighted by molar-refractivity contribution is -0.129. The first kappa shape index (κ1) is 15.9. The summed E-state index contributed by atoms with van der Waals surface area (Å²) in [6, 6.07) is 1.47. The third-order valence-electron chi connectivity index (χ3n) is 3.81. The summed E-state index contributed by atoms with van der Waals surface area (Å²) in [5.41, 5.74) is 0.243. The van der Waals surface area contributed by atoms with Crippen molar-refractivity contribution in [2.75, 3.05) is 6.54 Å². The second-order valence-electron chi connectivity index (χ2n) is 5.53. The zero-order valence-corrected chi connectivity index (χ0v) is 12.9. The van der Waals surface area contributed by atoms with E-state index in [-0.39, 0.29) is 11.6 Å². The molecule has 0 aliphatic heterocycles. The fourth-order valence-corrected chi connectivity index (χ4v) is 2.71. The van der Waals surface area contributed by atoms with E-state index in [1.54, 1.807) is 6.92 Å². The van der Waals surface area contributed by atoms with E-state index in [0.717, 1.165) is 12.8 Å². The molecule has 0 radical (unpaired) electrons. The summed E-state index contributed by atoms with van der Waals surface area (Å²) in [6.45, 7) is 2.23. The van der Waals surface area contributed by atoms with Crippen molar-refractivity contribution in [2.24, 2.45) is 5.92 Å². The van der Waals surface area contributed by atoms with E-state index in [0.29, 0.717) is 17.5 Å². The molecule has 1 fully saturated rings. The minimum absolute atomic E-state index is 0.243. The van der Waals surface area contributed by atoms with Crippen LogP contribution in [0.5, 0.6) is 0 Å². The summed E-state index contributed by atoms with van der Waals surface area (Å²) in [6.07, 6.45) is 6.76. The Bertz CT molecular complexity index is 495. The number of aromatic amines is 1. The van der Waals surface area contributed by atoms with E-state index < -0.39 is 12.1 Å². The van der Waals surface area contributed by atoms with Crippen molar-refractivity contribution in [3.8, 4) is 0 Å². The highest BCUT2D eigenvalue weighted by Gasteiger charge is 2.21. The maximum Gasteiger partial charge on any atom is 0.355 e. The number of rotatable bonds is 5. The summed E-state index contributed by atoms with van der Waals surface area (Å²) >= 11 is 5.72. The summed E-state index contributed by atoms with van der Waals surface area (Å²) in [7, 11) is 0. The molecule has 116 valence electrons. The first-order valence-corrected chi connectivity index (χ1v) is 7.76. The molecule has 1 atom stereocenters. The van der Waals surface area contributed by atoms with Crippen LogP contribution in [0.3, 0.4) is 0 Å². The lowest BCUT2D eigenvalue weighted by Gasteiger charge is -2.22. The molecule has 1 aliphatic rings.